The molecule has 146 valence electrons. The highest BCUT2D eigenvalue weighted by molar-refractivity contribution is 7.89. The number of carboxylic acid groups (broad SMARTS) is 2. The van der Waals surface area contributed by atoms with Gasteiger partial charge in [-0.05, 0) is 44.0 Å². The molecule has 9 nitrogen and oxygen atoms in total. The quantitative estimate of drug-likeness (QED) is 0.479. The van der Waals surface area contributed by atoms with Gasteiger partial charge in [0, 0.05) is 20.0 Å². The highest BCUT2D eigenvalue weighted by Gasteiger charge is 2.31. The van der Waals surface area contributed by atoms with Gasteiger partial charge < -0.3 is 20.6 Å². The van der Waals surface area contributed by atoms with Crippen LogP contribution in [0.25, 0.3) is 0 Å². The average molecular weight is 388 g/mol. The summed E-state index contributed by atoms with van der Waals surface area (Å²) in [6.45, 7) is 3.70. The summed E-state index contributed by atoms with van der Waals surface area (Å²) in [6.07, 6.45) is 1.28. The predicted molar refractivity (Wildman–Crippen MR) is 93.7 cm³/mol. The van der Waals surface area contributed by atoms with Crippen LogP contribution in [0, 0.1) is 6.92 Å². The lowest BCUT2D eigenvalue weighted by atomic mass is 9.95. The number of β-amino-alcohol motifs (C(OH)–C–C–N with tert-alkyl or cyclic N) is 1. The van der Waals surface area contributed by atoms with Gasteiger partial charge in [-0.1, -0.05) is 6.07 Å². The SMILES string of the molecule is CC(=O)O.Cc1ccc(S(=O)(=O)NCC2(O)CCCNC2)cc1C(=O)O. The van der Waals surface area contributed by atoms with Crippen molar-refractivity contribution in [3.05, 3.63) is 29.3 Å². The molecule has 1 aromatic rings. The second kappa shape index (κ2) is 9.08. The number of nitrogens with one attached hydrogen (secondary N) is 2. The normalized spacial score (nSPS) is 20.0. The third-order valence-corrected chi connectivity index (χ3v) is 5.19. The Kier molecular flexibility index (Phi) is 7.69. The lowest BCUT2D eigenvalue weighted by molar-refractivity contribution is -0.134. The molecule has 26 heavy (non-hydrogen) atoms. The molecule has 2 rings (SSSR count). The van der Waals surface area contributed by atoms with Gasteiger partial charge in [0.1, 0.15) is 0 Å². The van der Waals surface area contributed by atoms with Crippen molar-refractivity contribution in [2.45, 2.75) is 37.2 Å². The molecule has 0 aliphatic carbocycles. The summed E-state index contributed by atoms with van der Waals surface area (Å²) >= 11 is 0. The first-order valence-electron chi connectivity index (χ1n) is 7.93. The van der Waals surface area contributed by atoms with Gasteiger partial charge in [-0.25, -0.2) is 17.9 Å². The van der Waals surface area contributed by atoms with Crippen molar-refractivity contribution in [3.8, 4) is 0 Å². The maximum absolute atomic E-state index is 12.3. The number of piperidine rings is 1. The van der Waals surface area contributed by atoms with E-state index in [9.17, 15) is 18.3 Å². The molecule has 0 radical (unpaired) electrons. The lowest BCUT2D eigenvalue weighted by Gasteiger charge is -2.32. The molecule has 0 bridgehead atoms. The molecule has 0 amide bonds. The lowest BCUT2D eigenvalue weighted by Crippen LogP contribution is -2.52. The van der Waals surface area contributed by atoms with Crippen LogP contribution in [-0.2, 0) is 14.8 Å². The molecule has 1 unspecified atom stereocenters. The molecule has 1 aromatic carbocycles. The Labute approximate surface area is 152 Å². The fourth-order valence-corrected chi connectivity index (χ4v) is 3.56. The zero-order valence-corrected chi connectivity index (χ0v) is 15.5. The Morgan fingerprint density at radius 1 is 1.31 bits per heavy atom. The van der Waals surface area contributed by atoms with E-state index in [1.807, 2.05) is 0 Å². The number of aryl methyl sites for hydroxylation is 1. The zero-order valence-electron chi connectivity index (χ0n) is 14.7. The largest absolute Gasteiger partial charge is 0.481 e. The number of carbonyl (C=O) groups is 2. The van der Waals surface area contributed by atoms with Crippen molar-refractivity contribution >= 4 is 22.0 Å². The van der Waals surface area contributed by atoms with Gasteiger partial charge in [0.25, 0.3) is 5.97 Å². The molecule has 5 N–H and O–H groups in total. The third kappa shape index (κ3) is 6.71. The summed E-state index contributed by atoms with van der Waals surface area (Å²) in [5.41, 5.74) is -0.687. The van der Waals surface area contributed by atoms with Crippen molar-refractivity contribution in [1.29, 1.82) is 0 Å². The molecule has 1 aliphatic rings. The predicted octanol–water partition coefficient (Wildman–Crippen LogP) is 0.177. The summed E-state index contributed by atoms with van der Waals surface area (Å²) < 4.78 is 26.9. The molecule has 0 saturated carbocycles. The van der Waals surface area contributed by atoms with Crippen LogP contribution in [0.5, 0.6) is 0 Å². The molecule has 10 heteroatoms. The summed E-state index contributed by atoms with van der Waals surface area (Å²) in [6, 6.07) is 3.94. The highest BCUT2D eigenvalue weighted by atomic mass is 32.2. The number of aliphatic carboxylic acids is 1. The van der Waals surface area contributed by atoms with E-state index < -0.39 is 27.6 Å². The average Bonchev–Trinajstić information content (AvgIpc) is 2.53. The fourth-order valence-electron chi connectivity index (χ4n) is 2.41. The first kappa shape index (κ1) is 22.0. The van der Waals surface area contributed by atoms with E-state index in [-0.39, 0.29) is 17.0 Å². The van der Waals surface area contributed by atoms with Crippen molar-refractivity contribution in [2.24, 2.45) is 0 Å². The van der Waals surface area contributed by atoms with Crippen LogP contribution < -0.4 is 10.0 Å². The second-order valence-corrected chi connectivity index (χ2v) is 7.90. The molecule has 1 fully saturated rings. The summed E-state index contributed by atoms with van der Waals surface area (Å²) in [7, 11) is -3.87. The summed E-state index contributed by atoms with van der Waals surface area (Å²) in [5, 5.41) is 29.8. The van der Waals surface area contributed by atoms with E-state index in [1.165, 1.54) is 12.1 Å². The summed E-state index contributed by atoms with van der Waals surface area (Å²) in [4.78, 5) is 20.0. The van der Waals surface area contributed by atoms with Gasteiger partial charge >= 0.3 is 5.97 Å². The summed E-state index contributed by atoms with van der Waals surface area (Å²) in [5.74, 6) is -2.01. The van der Waals surface area contributed by atoms with E-state index in [1.54, 1.807) is 6.92 Å². The number of sulfonamides is 1. The molecule has 1 aliphatic heterocycles. The van der Waals surface area contributed by atoms with E-state index in [0.717, 1.165) is 26.0 Å². The minimum Gasteiger partial charge on any atom is -0.481 e. The number of carboxylic acids is 2. The second-order valence-electron chi connectivity index (χ2n) is 6.13. The number of rotatable bonds is 5. The first-order valence-corrected chi connectivity index (χ1v) is 9.41. The Hall–Kier alpha value is -2.01. The van der Waals surface area contributed by atoms with Crippen LogP contribution in [0.3, 0.4) is 0 Å². The smallest absolute Gasteiger partial charge is 0.335 e. The number of hydrogen-bond donors (Lipinski definition) is 5. The standard InChI is InChI=1S/C14H20N2O5S.C2H4O2/c1-10-3-4-11(7-12(10)13(17)18)22(20,21)16-9-14(19)5-2-6-15-8-14;1-2(3)4/h3-4,7,15-16,19H,2,5-6,8-9H2,1H3,(H,17,18);1H3,(H,3,4). The van der Waals surface area contributed by atoms with E-state index >= 15 is 0 Å². The van der Waals surface area contributed by atoms with Crippen LogP contribution in [0.4, 0.5) is 0 Å². The molecule has 1 saturated heterocycles. The number of hydrogen-bond acceptors (Lipinski definition) is 6. The Morgan fingerprint density at radius 3 is 2.42 bits per heavy atom. The van der Waals surface area contributed by atoms with Crippen LogP contribution in [0.1, 0.15) is 35.7 Å². The van der Waals surface area contributed by atoms with Crippen LogP contribution in [-0.4, -0.2) is 60.9 Å². The van der Waals surface area contributed by atoms with Crippen LogP contribution in [0.2, 0.25) is 0 Å². The van der Waals surface area contributed by atoms with Crippen molar-refractivity contribution in [1.82, 2.24) is 10.0 Å². The van der Waals surface area contributed by atoms with Gasteiger partial charge in [0.05, 0.1) is 16.1 Å². The van der Waals surface area contributed by atoms with Gasteiger partial charge in [-0.2, -0.15) is 0 Å². The van der Waals surface area contributed by atoms with E-state index in [0.29, 0.717) is 18.5 Å². The molecule has 1 atom stereocenters. The Balaban J connectivity index is 0.000000765. The minimum atomic E-state index is -3.87. The molecule has 1 heterocycles. The first-order chi connectivity index (χ1) is 12.0. The Morgan fingerprint density at radius 2 is 1.92 bits per heavy atom. The number of benzene rings is 1. The van der Waals surface area contributed by atoms with Crippen molar-refractivity contribution in [3.63, 3.8) is 0 Å². The van der Waals surface area contributed by atoms with Crippen molar-refractivity contribution < 1.29 is 33.3 Å². The molecular weight excluding hydrogens is 364 g/mol. The van der Waals surface area contributed by atoms with Gasteiger partial charge in [0.2, 0.25) is 10.0 Å². The maximum atomic E-state index is 12.3. The number of aromatic carboxylic acids is 1. The number of aliphatic hydroxyl groups is 1. The third-order valence-electron chi connectivity index (χ3n) is 3.79. The van der Waals surface area contributed by atoms with E-state index in [2.05, 4.69) is 10.0 Å². The molecule has 0 aromatic heterocycles. The maximum Gasteiger partial charge on any atom is 0.335 e. The van der Waals surface area contributed by atoms with Crippen molar-refractivity contribution in [2.75, 3.05) is 19.6 Å². The van der Waals surface area contributed by atoms with Crippen LogP contribution >= 0.6 is 0 Å². The van der Waals surface area contributed by atoms with Gasteiger partial charge in [-0.3, -0.25) is 4.79 Å². The fraction of sp³-hybridized carbons (Fsp3) is 0.500. The zero-order chi connectivity index (χ0) is 20.0. The monoisotopic (exact) mass is 388 g/mol. The van der Waals surface area contributed by atoms with E-state index in [4.69, 9.17) is 15.0 Å². The topological polar surface area (TPSA) is 153 Å². The van der Waals surface area contributed by atoms with Crippen LogP contribution in [0.15, 0.2) is 23.1 Å². The van der Waals surface area contributed by atoms with Gasteiger partial charge in [-0.15, -0.1) is 0 Å². The van der Waals surface area contributed by atoms with Gasteiger partial charge in [0.15, 0.2) is 0 Å². The Bertz CT molecular complexity index is 752. The molecule has 0 spiro atoms. The molecular formula is C16H24N2O7S. The minimum absolute atomic E-state index is 0.0547. The highest BCUT2D eigenvalue weighted by Crippen LogP contribution is 2.18.